The lowest BCUT2D eigenvalue weighted by atomic mass is 9.85. The minimum absolute atomic E-state index is 0.228. The Balaban J connectivity index is 1.98. The zero-order valence-electron chi connectivity index (χ0n) is 15.8. The summed E-state index contributed by atoms with van der Waals surface area (Å²) < 4.78 is 84.6. The van der Waals surface area contributed by atoms with Gasteiger partial charge in [-0.05, 0) is 57.2 Å². The maximum absolute atomic E-state index is 13.9. The highest BCUT2D eigenvalue weighted by molar-refractivity contribution is 7.89. The van der Waals surface area contributed by atoms with E-state index in [1.165, 1.54) is 25.1 Å². The molecule has 0 N–H and O–H groups in total. The Bertz CT molecular complexity index is 804. The summed E-state index contributed by atoms with van der Waals surface area (Å²) in [7, 11) is -3.79. The number of alkyl halides is 3. The zero-order chi connectivity index (χ0) is 20.6. The van der Waals surface area contributed by atoms with Crippen molar-refractivity contribution in [2.75, 3.05) is 12.3 Å². The molecule has 1 spiro atoms. The Morgan fingerprint density at radius 1 is 1.25 bits per heavy atom. The maximum atomic E-state index is 13.9. The van der Waals surface area contributed by atoms with E-state index in [0.717, 1.165) is 30.0 Å². The fourth-order valence-corrected chi connectivity index (χ4v) is 5.60. The SMILES string of the molecule is CCS(=O)(=O)N(CCCC(F)(F)F)C1CC2(CCCC2)Oc2ccc(F)cc21. The fourth-order valence-electron chi connectivity index (χ4n) is 4.28. The van der Waals surface area contributed by atoms with Gasteiger partial charge in [-0.2, -0.15) is 17.5 Å². The third kappa shape index (κ3) is 4.62. The summed E-state index contributed by atoms with van der Waals surface area (Å²) in [5.74, 6) is -0.334. The molecular formula is C19H25F4NO3S. The van der Waals surface area contributed by atoms with Gasteiger partial charge in [-0.3, -0.25) is 0 Å². The molecule has 28 heavy (non-hydrogen) atoms. The fraction of sp³-hybridized carbons (Fsp3) is 0.684. The highest BCUT2D eigenvalue weighted by Crippen LogP contribution is 2.50. The number of halogens is 4. The van der Waals surface area contributed by atoms with Crippen molar-refractivity contribution in [1.82, 2.24) is 4.31 Å². The lowest BCUT2D eigenvalue weighted by molar-refractivity contribution is -0.136. The lowest BCUT2D eigenvalue weighted by Gasteiger charge is -2.43. The van der Waals surface area contributed by atoms with E-state index in [1.807, 2.05) is 0 Å². The van der Waals surface area contributed by atoms with E-state index >= 15 is 0 Å². The molecule has 1 aromatic rings. The van der Waals surface area contributed by atoms with Crippen LogP contribution in [0.4, 0.5) is 17.6 Å². The van der Waals surface area contributed by atoms with Crippen LogP contribution in [0.2, 0.25) is 0 Å². The van der Waals surface area contributed by atoms with Gasteiger partial charge in [0.15, 0.2) is 0 Å². The van der Waals surface area contributed by atoms with Crippen molar-refractivity contribution in [3.8, 4) is 5.75 Å². The first-order valence-corrected chi connectivity index (χ1v) is 11.2. The van der Waals surface area contributed by atoms with Gasteiger partial charge in [0.2, 0.25) is 10.0 Å². The number of rotatable bonds is 6. The monoisotopic (exact) mass is 423 g/mol. The van der Waals surface area contributed by atoms with Crippen molar-refractivity contribution in [2.24, 2.45) is 0 Å². The Morgan fingerprint density at radius 2 is 1.93 bits per heavy atom. The van der Waals surface area contributed by atoms with Crippen LogP contribution >= 0.6 is 0 Å². The third-order valence-electron chi connectivity index (χ3n) is 5.65. The summed E-state index contributed by atoms with van der Waals surface area (Å²) in [6.45, 7) is 1.20. The van der Waals surface area contributed by atoms with Crippen molar-refractivity contribution in [2.45, 2.75) is 69.7 Å². The van der Waals surface area contributed by atoms with E-state index in [1.54, 1.807) is 0 Å². The number of benzene rings is 1. The number of fused-ring (bicyclic) bond motifs is 1. The molecule has 4 nitrogen and oxygen atoms in total. The zero-order valence-corrected chi connectivity index (χ0v) is 16.6. The number of ether oxygens (including phenoxy) is 1. The van der Waals surface area contributed by atoms with Gasteiger partial charge in [-0.25, -0.2) is 12.8 Å². The number of hydrogen-bond acceptors (Lipinski definition) is 3. The third-order valence-corrected chi connectivity index (χ3v) is 7.53. The topological polar surface area (TPSA) is 46.6 Å². The quantitative estimate of drug-likeness (QED) is 0.608. The van der Waals surface area contributed by atoms with Gasteiger partial charge in [0.25, 0.3) is 0 Å². The highest BCUT2D eigenvalue weighted by Gasteiger charge is 2.47. The normalized spacial score (nSPS) is 21.7. The molecule has 0 radical (unpaired) electrons. The van der Waals surface area contributed by atoms with Crippen molar-refractivity contribution in [3.05, 3.63) is 29.6 Å². The summed E-state index contributed by atoms with van der Waals surface area (Å²) in [6.07, 6.45) is -2.03. The van der Waals surface area contributed by atoms with Gasteiger partial charge in [-0.1, -0.05) is 0 Å². The summed E-state index contributed by atoms with van der Waals surface area (Å²) >= 11 is 0. The average Bonchev–Trinajstić information content (AvgIpc) is 3.05. The van der Waals surface area contributed by atoms with Crippen LogP contribution in [0.15, 0.2) is 18.2 Å². The largest absolute Gasteiger partial charge is 0.487 e. The average molecular weight is 423 g/mol. The molecule has 1 atom stereocenters. The molecule has 1 fully saturated rings. The predicted molar refractivity (Wildman–Crippen MR) is 97.0 cm³/mol. The Kier molecular flexibility index (Phi) is 5.96. The van der Waals surface area contributed by atoms with Crippen LogP contribution < -0.4 is 4.74 Å². The molecule has 1 aromatic carbocycles. The first-order chi connectivity index (χ1) is 13.1. The molecule has 0 aromatic heterocycles. The van der Waals surface area contributed by atoms with Crippen LogP contribution in [0.5, 0.6) is 5.75 Å². The molecular weight excluding hydrogens is 398 g/mol. The van der Waals surface area contributed by atoms with Crippen LogP contribution in [0, 0.1) is 5.82 Å². The summed E-state index contributed by atoms with van der Waals surface area (Å²) in [5.41, 5.74) is -0.150. The first-order valence-electron chi connectivity index (χ1n) is 9.60. The molecule has 0 bridgehead atoms. The number of nitrogens with zero attached hydrogens (tertiary/aromatic N) is 1. The molecule has 158 valence electrons. The molecule has 0 amide bonds. The molecule has 3 rings (SSSR count). The Labute approximate surface area is 162 Å². The maximum Gasteiger partial charge on any atom is 0.389 e. The minimum atomic E-state index is -4.35. The van der Waals surface area contributed by atoms with Gasteiger partial charge >= 0.3 is 6.18 Å². The molecule has 2 aliphatic rings. The number of sulfonamides is 1. The van der Waals surface area contributed by atoms with Crippen LogP contribution in [-0.2, 0) is 10.0 Å². The predicted octanol–water partition coefficient (Wildman–Crippen LogP) is 4.96. The van der Waals surface area contributed by atoms with E-state index in [0.29, 0.717) is 17.7 Å². The van der Waals surface area contributed by atoms with E-state index < -0.39 is 40.1 Å². The van der Waals surface area contributed by atoms with E-state index in [-0.39, 0.29) is 18.7 Å². The Hall–Kier alpha value is -1.35. The molecule has 0 saturated heterocycles. The van der Waals surface area contributed by atoms with Gasteiger partial charge < -0.3 is 4.74 Å². The second-order valence-corrected chi connectivity index (χ2v) is 9.83. The summed E-state index contributed by atoms with van der Waals surface area (Å²) in [5, 5.41) is 0. The number of hydrogen-bond donors (Lipinski definition) is 0. The second kappa shape index (κ2) is 7.82. The van der Waals surface area contributed by atoms with E-state index in [2.05, 4.69) is 0 Å². The van der Waals surface area contributed by atoms with Crippen molar-refractivity contribution in [1.29, 1.82) is 0 Å². The molecule has 1 saturated carbocycles. The van der Waals surface area contributed by atoms with E-state index in [9.17, 15) is 26.0 Å². The van der Waals surface area contributed by atoms with Crippen LogP contribution in [0.3, 0.4) is 0 Å². The van der Waals surface area contributed by atoms with Crippen molar-refractivity contribution >= 4 is 10.0 Å². The lowest BCUT2D eigenvalue weighted by Crippen LogP contribution is -2.46. The first kappa shape index (κ1) is 21.4. The Morgan fingerprint density at radius 3 is 2.54 bits per heavy atom. The summed E-state index contributed by atoms with van der Waals surface area (Å²) in [6, 6.07) is 3.26. The van der Waals surface area contributed by atoms with E-state index in [4.69, 9.17) is 4.74 Å². The van der Waals surface area contributed by atoms with Crippen molar-refractivity contribution < 1.29 is 30.7 Å². The molecule has 1 aliphatic heterocycles. The smallest absolute Gasteiger partial charge is 0.389 e. The van der Waals surface area contributed by atoms with Crippen LogP contribution in [0.25, 0.3) is 0 Å². The van der Waals surface area contributed by atoms with Crippen LogP contribution in [-0.4, -0.2) is 36.8 Å². The van der Waals surface area contributed by atoms with Crippen LogP contribution in [0.1, 0.15) is 63.5 Å². The van der Waals surface area contributed by atoms with Crippen molar-refractivity contribution in [3.63, 3.8) is 0 Å². The van der Waals surface area contributed by atoms with Gasteiger partial charge in [-0.15, -0.1) is 0 Å². The highest BCUT2D eigenvalue weighted by atomic mass is 32.2. The minimum Gasteiger partial charge on any atom is -0.487 e. The second-order valence-electron chi connectivity index (χ2n) is 7.62. The van der Waals surface area contributed by atoms with Gasteiger partial charge in [0, 0.05) is 24.9 Å². The molecule has 1 unspecified atom stereocenters. The molecule has 1 heterocycles. The molecule has 9 heteroatoms. The van der Waals surface area contributed by atoms with Gasteiger partial charge in [0.1, 0.15) is 17.2 Å². The standard InChI is InChI=1S/C19H25F4NO3S/c1-2-28(25,26)24(11-5-10-19(21,22)23)16-13-18(8-3-4-9-18)27-17-7-6-14(20)12-15(16)17/h6-7,12,16H,2-5,8-11,13H2,1H3. The summed E-state index contributed by atoms with van der Waals surface area (Å²) in [4.78, 5) is 0. The van der Waals surface area contributed by atoms with Gasteiger partial charge in [0.05, 0.1) is 11.8 Å². The molecule has 1 aliphatic carbocycles.